The van der Waals surface area contributed by atoms with E-state index in [1.807, 2.05) is 35.2 Å². The summed E-state index contributed by atoms with van der Waals surface area (Å²) in [7, 11) is 0. The number of nitro groups is 1. The topological polar surface area (TPSA) is 102 Å². The van der Waals surface area contributed by atoms with E-state index in [9.17, 15) is 14.9 Å². The molecule has 4 aromatic rings. The highest BCUT2D eigenvalue weighted by Crippen LogP contribution is 2.37. The second kappa shape index (κ2) is 8.91. The van der Waals surface area contributed by atoms with Gasteiger partial charge >= 0.3 is 0 Å². The Labute approximate surface area is 203 Å². The average Bonchev–Trinajstić information content (AvgIpc) is 3.40. The summed E-state index contributed by atoms with van der Waals surface area (Å²) in [5, 5.41) is 12.1. The van der Waals surface area contributed by atoms with Gasteiger partial charge in [0.1, 0.15) is 5.69 Å². The third-order valence-corrected chi connectivity index (χ3v) is 7.42. The molecule has 2 aromatic carbocycles. The van der Waals surface area contributed by atoms with E-state index in [-0.39, 0.29) is 16.2 Å². The first-order valence-corrected chi connectivity index (χ1v) is 12.3. The van der Waals surface area contributed by atoms with Crippen molar-refractivity contribution in [1.29, 1.82) is 0 Å². The zero-order valence-electron chi connectivity index (χ0n) is 18.9. The molecule has 0 unspecified atom stereocenters. The van der Waals surface area contributed by atoms with E-state index in [1.165, 1.54) is 11.3 Å². The maximum Gasteiger partial charge on any atom is 0.293 e. The molecule has 2 saturated heterocycles. The molecule has 6 rings (SSSR count). The van der Waals surface area contributed by atoms with Gasteiger partial charge in [-0.3, -0.25) is 14.9 Å². The van der Waals surface area contributed by atoms with Gasteiger partial charge in [0.15, 0.2) is 4.96 Å². The molecular weight excluding hydrogens is 470 g/mol. The van der Waals surface area contributed by atoms with Crippen molar-refractivity contribution in [3.05, 3.63) is 67.0 Å². The molecule has 0 N–H and O–H groups in total. The Morgan fingerprint density at radius 2 is 1.63 bits per heavy atom. The molecule has 0 spiro atoms. The van der Waals surface area contributed by atoms with Crippen molar-refractivity contribution < 1.29 is 14.4 Å². The molecular formula is C24H23N5O5S. The quantitative estimate of drug-likeness (QED) is 0.314. The number of fused-ring (bicyclic) bond motifs is 3. The number of aromatic nitrogens is 2. The van der Waals surface area contributed by atoms with Crippen molar-refractivity contribution in [1.82, 2.24) is 9.38 Å². The molecule has 2 fully saturated rings. The molecule has 35 heavy (non-hydrogen) atoms. The number of rotatable bonds is 4. The highest BCUT2D eigenvalue weighted by Gasteiger charge is 2.26. The molecule has 11 heteroatoms. The summed E-state index contributed by atoms with van der Waals surface area (Å²) < 4.78 is 13.1. The molecule has 0 aliphatic carbocycles. The summed E-state index contributed by atoms with van der Waals surface area (Å²) in [6, 6.07) is 11.0. The smallest absolute Gasteiger partial charge is 0.293 e. The average molecular weight is 494 g/mol. The van der Waals surface area contributed by atoms with Crippen LogP contribution in [0.3, 0.4) is 0 Å². The molecule has 0 saturated carbocycles. The fourth-order valence-corrected chi connectivity index (χ4v) is 5.71. The zero-order chi connectivity index (χ0) is 23.9. The standard InChI is InChI=1S/C24H23N5O5S/c30-23-22(35-24-25-17-3-1-2-4-18(17)28(23)24)14-16-13-21(29(31)32)20(27-7-11-34-12-8-27)15-19(16)26-5-9-33-10-6-26/h1-4,13-15H,5-12H2/b22-14-. The second-order valence-electron chi connectivity index (χ2n) is 8.49. The third kappa shape index (κ3) is 3.91. The van der Waals surface area contributed by atoms with E-state index in [0.29, 0.717) is 73.4 Å². The Balaban J connectivity index is 1.55. The number of nitro benzene ring substituents is 1. The number of para-hydroxylation sites is 2. The minimum Gasteiger partial charge on any atom is -0.378 e. The lowest BCUT2D eigenvalue weighted by atomic mass is 10.1. The first kappa shape index (κ1) is 22.0. The minimum atomic E-state index is -0.349. The molecule has 2 aromatic heterocycles. The number of hydrogen-bond donors (Lipinski definition) is 0. The lowest BCUT2D eigenvalue weighted by Gasteiger charge is -2.33. The van der Waals surface area contributed by atoms with Crippen LogP contribution >= 0.6 is 11.3 Å². The van der Waals surface area contributed by atoms with Gasteiger partial charge < -0.3 is 19.3 Å². The number of thiazole rings is 1. The van der Waals surface area contributed by atoms with Crippen molar-refractivity contribution >= 4 is 50.5 Å². The Kier molecular flexibility index (Phi) is 5.59. The van der Waals surface area contributed by atoms with Gasteiger partial charge in [-0.15, -0.1) is 0 Å². The van der Waals surface area contributed by atoms with Gasteiger partial charge in [0.2, 0.25) is 0 Å². The first-order valence-electron chi connectivity index (χ1n) is 11.5. The summed E-state index contributed by atoms with van der Waals surface area (Å²) in [5.41, 5.74) is 3.44. The third-order valence-electron chi connectivity index (χ3n) is 6.46. The molecule has 0 atom stereocenters. The number of nitrogens with zero attached hydrogens (tertiary/aromatic N) is 5. The monoisotopic (exact) mass is 493 g/mol. The molecule has 2 aliphatic heterocycles. The van der Waals surface area contributed by atoms with Crippen LogP contribution in [0.25, 0.3) is 22.1 Å². The van der Waals surface area contributed by atoms with Crippen LogP contribution in [0.15, 0.2) is 41.2 Å². The summed E-state index contributed by atoms with van der Waals surface area (Å²) in [5.74, 6) is 0. The van der Waals surface area contributed by atoms with E-state index >= 15 is 0 Å². The highest BCUT2D eigenvalue weighted by atomic mass is 32.1. The fraction of sp³-hybridized carbons (Fsp3) is 0.333. The van der Waals surface area contributed by atoms with E-state index in [1.54, 1.807) is 16.5 Å². The molecule has 4 heterocycles. The second-order valence-corrected chi connectivity index (χ2v) is 9.50. The number of benzene rings is 2. The Hall–Kier alpha value is -3.54. The van der Waals surface area contributed by atoms with E-state index in [4.69, 9.17) is 9.47 Å². The van der Waals surface area contributed by atoms with Crippen molar-refractivity contribution in [2.75, 3.05) is 62.4 Å². The van der Waals surface area contributed by atoms with Gasteiger partial charge in [-0.1, -0.05) is 23.5 Å². The Morgan fingerprint density at radius 3 is 2.31 bits per heavy atom. The van der Waals surface area contributed by atoms with E-state index < -0.39 is 0 Å². The number of imidazole rings is 1. The Bertz CT molecular complexity index is 1540. The maximum absolute atomic E-state index is 13.3. The lowest BCUT2D eigenvalue weighted by Crippen LogP contribution is -2.38. The van der Waals surface area contributed by atoms with Crippen LogP contribution in [0.1, 0.15) is 5.56 Å². The van der Waals surface area contributed by atoms with Crippen LogP contribution in [0.2, 0.25) is 0 Å². The number of anilines is 2. The molecule has 180 valence electrons. The highest BCUT2D eigenvalue weighted by molar-refractivity contribution is 7.15. The van der Waals surface area contributed by atoms with Gasteiger partial charge in [0.05, 0.1) is 46.9 Å². The predicted molar refractivity (Wildman–Crippen MR) is 135 cm³/mol. The van der Waals surface area contributed by atoms with E-state index in [2.05, 4.69) is 9.88 Å². The lowest BCUT2D eigenvalue weighted by molar-refractivity contribution is -0.384. The van der Waals surface area contributed by atoms with Crippen LogP contribution in [0, 0.1) is 10.1 Å². The zero-order valence-corrected chi connectivity index (χ0v) is 19.7. The van der Waals surface area contributed by atoms with Gasteiger partial charge in [-0.25, -0.2) is 9.38 Å². The number of ether oxygens (including phenoxy) is 2. The summed E-state index contributed by atoms with van der Waals surface area (Å²) >= 11 is 1.29. The first-order chi connectivity index (χ1) is 17.1. The van der Waals surface area contributed by atoms with Crippen LogP contribution in [0.4, 0.5) is 17.1 Å². The Morgan fingerprint density at radius 1 is 0.971 bits per heavy atom. The molecule has 10 nitrogen and oxygen atoms in total. The van der Waals surface area contributed by atoms with Crippen molar-refractivity contribution in [2.24, 2.45) is 0 Å². The summed E-state index contributed by atoms with van der Waals surface area (Å²) in [4.78, 5) is 34.4. The largest absolute Gasteiger partial charge is 0.378 e. The van der Waals surface area contributed by atoms with Gasteiger partial charge in [0, 0.05) is 43.5 Å². The fourth-order valence-electron chi connectivity index (χ4n) is 4.73. The summed E-state index contributed by atoms with van der Waals surface area (Å²) in [6.07, 6.45) is 1.76. The predicted octanol–water partition coefficient (Wildman–Crippen LogP) is 2.04. The number of morpholine rings is 2. The van der Waals surface area contributed by atoms with Crippen LogP contribution in [0.5, 0.6) is 0 Å². The maximum atomic E-state index is 13.3. The van der Waals surface area contributed by atoms with Crippen molar-refractivity contribution in [3.8, 4) is 0 Å². The van der Waals surface area contributed by atoms with Gasteiger partial charge in [0.25, 0.3) is 11.2 Å². The van der Waals surface area contributed by atoms with Crippen LogP contribution in [-0.2, 0) is 9.47 Å². The minimum absolute atomic E-state index is 0.0226. The van der Waals surface area contributed by atoms with E-state index in [0.717, 1.165) is 16.7 Å². The number of hydrogen-bond acceptors (Lipinski definition) is 9. The SMILES string of the molecule is O=c1/c(=C/c2cc([N+](=O)[O-])c(N3CCOCC3)cc2N2CCOCC2)sc2nc3ccccc3n12. The van der Waals surface area contributed by atoms with Gasteiger partial charge in [-0.05, 0) is 24.3 Å². The molecule has 0 amide bonds. The molecule has 0 bridgehead atoms. The van der Waals surface area contributed by atoms with Gasteiger partial charge in [-0.2, -0.15) is 0 Å². The molecule has 0 radical (unpaired) electrons. The molecule has 2 aliphatic rings. The normalized spacial score (nSPS) is 17.5. The van der Waals surface area contributed by atoms with Crippen molar-refractivity contribution in [3.63, 3.8) is 0 Å². The van der Waals surface area contributed by atoms with Crippen LogP contribution < -0.4 is 19.9 Å². The van der Waals surface area contributed by atoms with Crippen molar-refractivity contribution in [2.45, 2.75) is 0 Å². The van der Waals surface area contributed by atoms with Crippen LogP contribution in [-0.4, -0.2) is 66.9 Å². The summed E-state index contributed by atoms with van der Waals surface area (Å²) in [6.45, 7) is 4.73.